The molecule has 2 aromatic carbocycles. The number of hydrogen-bond acceptors (Lipinski definition) is 8. The predicted molar refractivity (Wildman–Crippen MR) is 116 cm³/mol. The molecule has 1 heterocycles. The van der Waals surface area contributed by atoms with E-state index in [9.17, 15) is 0 Å². The first kappa shape index (κ1) is 20.5. The van der Waals surface area contributed by atoms with Crippen LogP contribution in [0.2, 0.25) is 0 Å². The Kier molecular flexibility index (Phi) is 6.61. The van der Waals surface area contributed by atoms with E-state index < -0.39 is 0 Å². The molecule has 0 saturated heterocycles. The maximum atomic E-state index is 6.10. The third kappa shape index (κ3) is 5.00. The summed E-state index contributed by atoms with van der Waals surface area (Å²) in [6.45, 7) is 3.94. The van der Waals surface area contributed by atoms with Gasteiger partial charge in [0.2, 0.25) is 5.16 Å². The quantitative estimate of drug-likeness (QED) is 0.253. The van der Waals surface area contributed by atoms with Gasteiger partial charge in [-0.1, -0.05) is 41.6 Å². The first-order valence-corrected chi connectivity index (χ1v) is 9.92. The molecule has 0 unspecified atom stereocenters. The smallest absolute Gasteiger partial charge is 0.264 e. The summed E-state index contributed by atoms with van der Waals surface area (Å²) in [5, 5.41) is 13.2. The number of aromatic nitrogens is 3. The van der Waals surface area contributed by atoms with Crippen LogP contribution < -0.4 is 20.7 Å². The van der Waals surface area contributed by atoms with Gasteiger partial charge in [-0.3, -0.25) is 0 Å². The molecular formula is C20H24N6O2S. The van der Waals surface area contributed by atoms with Crippen molar-refractivity contribution in [2.75, 3.05) is 25.5 Å². The summed E-state index contributed by atoms with van der Waals surface area (Å²) in [6.07, 6.45) is 0. The monoisotopic (exact) mass is 412 g/mol. The molecule has 8 nitrogen and oxygen atoms in total. The van der Waals surface area contributed by atoms with Crippen molar-refractivity contribution in [3.63, 3.8) is 0 Å². The van der Waals surface area contributed by atoms with Gasteiger partial charge in [0.05, 0.1) is 19.9 Å². The Hall–Kier alpha value is -3.20. The van der Waals surface area contributed by atoms with Crippen LogP contribution in [0.15, 0.2) is 52.7 Å². The van der Waals surface area contributed by atoms with Crippen molar-refractivity contribution in [3.8, 4) is 11.5 Å². The average molecular weight is 413 g/mol. The van der Waals surface area contributed by atoms with Crippen LogP contribution in [0.3, 0.4) is 0 Å². The standard InChI is InChI=1S/C20H24N6O2S/c1-13-5-7-15(8-6-13)12-29-20-25-24-19(26(20)21)23-22-14(2)16-9-10-17(27-3)18(11-16)28-4/h5-11H,12,21H2,1-4H3,(H,23,24)/b22-14+. The Bertz CT molecular complexity index is 1000. The lowest BCUT2D eigenvalue weighted by Crippen LogP contribution is -2.14. The number of nitrogens with one attached hydrogen (secondary N) is 1. The largest absolute Gasteiger partial charge is 0.493 e. The number of methoxy groups -OCH3 is 2. The van der Waals surface area contributed by atoms with Crippen LogP contribution in [0.25, 0.3) is 0 Å². The zero-order chi connectivity index (χ0) is 20.8. The topological polar surface area (TPSA) is 99.6 Å². The first-order valence-electron chi connectivity index (χ1n) is 8.93. The molecule has 0 radical (unpaired) electrons. The van der Waals surface area contributed by atoms with Crippen molar-refractivity contribution in [2.45, 2.75) is 24.8 Å². The number of hydrogen-bond donors (Lipinski definition) is 2. The molecule has 0 fully saturated rings. The lowest BCUT2D eigenvalue weighted by Gasteiger charge is -2.09. The van der Waals surface area contributed by atoms with E-state index in [2.05, 4.69) is 51.9 Å². The van der Waals surface area contributed by atoms with Crippen LogP contribution in [0.5, 0.6) is 11.5 Å². The van der Waals surface area contributed by atoms with E-state index in [0.717, 1.165) is 17.0 Å². The summed E-state index contributed by atoms with van der Waals surface area (Å²) < 4.78 is 12.0. The lowest BCUT2D eigenvalue weighted by atomic mass is 10.1. The number of anilines is 1. The second kappa shape index (κ2) is 9.33. The number of nitrogens with two attached hydrogens (primary N) is 1. The number of nitrogen functional groups attached to an aromatic ring is 1. The fourth-order valence-corrected chi connectivity index (χ4v) is 3.36. The van der Waals surface area contributed by atoms with Gasteiger partial charge in [0, 0.05) is 11.3 Å². The molecule has 0 aliphatic rings. The van der Waals surface area contributed by atoms with Crippen molar-refractivity contribution in [3.05, 3.63) is 59.2 Å². The van der Waals surface area contributed by atoms with Gasteiger partial charge in [0.15, 0.2) is 11.5 Å². The van der Waals surface area contributed by atoms with Gasteiger partial charge in [0.25, 0.3) is 5.95 Å². The molecular weight excluding hydrogens is 388 g/mol. The van der Waals surface area contributed by atoms with Crippen molar-refractivity contribution in [2.24, 2.45) is 5.10 Å². The van der Waals surface area contributed by atoms with Crippen LogP contribution in [-0.4, -0.2) is 34.8 Å². The normalized spacial score (nSPS) is 11.4. The minimum Gasteiger partial charge on any atom is -0.493 e. The van der Waals surface area contributed by atoms with E-state index in [1.165, 1.54) is 27.6 Å². The fourth-order valence-electron chi connectivity index (χ4n) is 2.54. The molecule has 29 heavy (non-hydrogen) atoms. The van der Waals surface area contributed by atoms with Crippen LogP contribution in [0.1, 0.15) is 23.6 Å². The first-order chi connectivity index (χ1) is 14.0. The summed E-state index contributed by atoms with van der Waals surface area (Å²) in [5.41, 5.74) is 6.92. The molecule has 0 aliphatic heterocycles. The Morgan fingerprint density at radius 3 is 2.52 bits per heavy atom. The fraction of sp³-hybridized carbons (Fsp3) is 0.250. The summed E-state index contributed by atoms with van der Waals surface area (Å²) in [6, 6.07) is 13.9. The van der Waals surface area contributed by atoms with Gasteiger partial charge < -0.3 is 15.3 Å². The van der Waals surface area contributed by atoms with Crippen molar-refractivity contribution in [1.29, 1.82) is 0 Å². The van der Waals surface area contributed by atoms with Crippen LogP contribution in [0, 0.1) is 6.92 Å². The van der Waals surface area contributed by atoms with E-state index in [1.807, 2.05) is 25.1 Å². The third-order valence-corrected chi connectivity index (χ3v) is 5.29. The Balaban J connectivity index is 1.67. The number of thioether (sulfide) groups is 1. The van der Waals surface area contributed by atoms with Gasteiger partial charge in [-0.25, -0.2) is 10.1 Å². The SMILES string of the molecule is COc1ccc(/C(C)=N/Nc2nnc(SCc3ccc(C)cc3)n2N)cc1OC. The van der Waals surface area contributed by atoms with E-state index in [-0.39, 0.29) is 0 Å². The minimum atomic E-state index is 0.358. The lowest BCUT2D eigenvalue weighted by molar-refractivity contribution is 0.355. The summed E-state index contributed by atoms with van der Waals surface area (Å²) >= 11 is 1.51. The second-order valence-electron chi connectivity index (χ2n) is 6.33. The van der Waals surface area contributed by atoms with Crippen molar-refractivity contribution >= 4 is 23.4 Å². The molecule has 0 saturated carbocycles. The highest BCUT2D eigenvalue weighted by molar-refractivity contribution is 7.98. The highest BCUT2D eigenvalue weighted by Crippen LogP contribution is 2.28. The van der Waals surface area contributed by atoms with E-state index in [4.69, 9.17) is 15.3 Å². The molecule has 0 atom stereocenters. The van der Waals surface area contributed by atoms with Crippen LogP contribution in [0.4, 0.5) is 5.95 Å². The number of ether oxygens (including phenoxy) is 2. The number of aryl methyl sites for hydroxylation is 1. The molecule has 3 N–H and O–H groups in total. The maximum Gasteiger partial charge on any atom is 0.264 e. The van der Waals surface area contributed by atoms with Crippen LogP contribution in [-0.2, 0) is 5.75 Å². The zero-order valence-electron chi connectivity index (χ0n) is 16.8. The second-order valence-corrected chi connectivity index (χ2v) is 7.27. The maximum absolute atomic E-state index is 6.10. The summed E-state index contributed by atoms with van der Waals surface area (Å²) in [4.78, 5) is 0. The van der Waals surface area contributed by atoms with E-state index in [1.54, 1.807) is 14.2 Å². The number of benzene rings is 2. The third-order valence-electron chi connectivity index (χ3n) is 4.28. The molecule has 0 bridgehead atoms. The Labute approximate surface area is 174 Å². The van der Waals surface area contributed by atoms with Gasteiger partial charge in [-0.05, 0) is 37.6 Å². The van der Waals surface area contributed by atoms with Gasteiger partial charge >= 0.3 is 0 Å². The van der Waals surface area contributed by atoms with Gasteiger partial charge in [0.1, 0.15) is 0 Å². The minimum absolute atomic E-state index is 0.358. The molecule has 0 aliphatic carbocycles. The van der Waals surface area contributed by atoms with Crippen LogP contribution >= 0.6 is 11.8 Å². The Morgan fingerprint density at radius 2 is 1.83 bits per heavy atom. The molecule has 0 spiro atoms. The Morgan fingerprint density at radius 1 is 1.10 bits per heavy atom. The van der Waals surface area contributed by atoms with Gasteiger partial charge in [-0.2, -0.15) is 5.10 Å². The number of hydrazone groups is 1. The summed E-state index contributed by atoms with van der Waals surface area (Å²) in [5.74, 6) is 8.51. The number of rotatable bonds is 8. The molecule has 1 aromatic heterocycles. The molecule has 152 valence electrons. The number of nitrogens with zero attached hydrogens (tertiary/aromatic N) is 4. The zero-order valence-corrected chi connectivity index (χ0v) is 17.7. The van der Waals surface area contributed by atoms with Crippen molar-refractivity contribution < 1.29 is 9.47 Å². The summed E-state index contributed by atoms with van der Waals surface area (Å²) in [7, 11) is 3.20. The molecule has 3 rings (SSSR count). The van der Waals surface area contributed by atoms with Crippen molar-refractivity contribution in [1.82, 2.24) is 14.9 Å². The van der Waals surface area contributed by atoms with E-state index in [0.29, 0.717) is 22.6 Å². The predicted octanol–water partition coefficient (Wildman–Crippen LogP) is 3.45. The highest BCUT2D eigenvalue weighted by atomic mass is 32.2. The van der Waals surface area contributed by atoms with Gasteiger partial charge in [-0.15, -0.1) is 10.2 Å². The van der Waals surface area contributed by atoms with E-state index >= 15 is 0 Å². The highest BCUT2D eigenvalue weighted by Gasteiger charge is 2.11. The average Bonchev–Trinajstić information content (AvgIpc) is 3.10. The molecule has 9 heteroatoms. The molecule has 3 aromatic rings. The molecule has 0 amide bonds.